The molecule has 1 heterocycles. The van der Waals surface area contributed by atoms with Crippen LogP contribution in [0.3, 0.4) is 0 Å². The molecule has 0 aliphatic carbocycles. The molecule has 3 heteroatoms. The number of rotatable bonds is 4. The van der Waals surface area contributed by atoms with Crippen LogP contribution in [0.2, 0.25) is 0 Å². The van der Waals surface area contributed by atoms with Crippen molar-refractivity contribution in [2.45, 2.75) is 12.5 Å². The van der Waals surface area contributed by atoms with Crippen molar-refractivity contribution in [3.63, 3.8) is 0 Å². The van der Waals surface area contributed by atoms with Crippen molar-refractivity contribution in [3.8, 4) is 0 Å². The number of benzene rings is 1. The molecule has 1 aromatic carbocycles. The molecule has 88 valence electrons. The SMILES string of the molecule is CN(CCCl)CC1OCCc2ccccc21. The van der Waals surface area contributed by atoms with Gasteiger partial charge in [0.15, 0.2) is 0 Å². The highest BCUT2D eigenvalue weighted by Gasteiger charge is 2.21. The summed E-state index contributed by atoms with van der Waals surface area (Å²) in [4.78, 5) is 2.22. The fourth-order valence-corrected chi connectivity index (χ4v) is 2.44. The molecule has 1 unspecified atom stereocenters. The molecule has 0 fully saturated rings. The summed E-state index contributed by atoms with van der Waals surface area (Å²) in [6.07, 6.45) is 1.24. The summed E-state index contributed by atoms with van der Waals surface area (Å²) in [5.41, 5.74) is 2.77. The van der Waals surface area contributed by atoms with Crippen LogP contribution >= 0.6 is 11.6 Å². The van der Waals surface area contributed by atoms with E-state index in [1.807, 2.05) is 0 Å². The molecule has 16 heavy (non-hydrogen) atoms. The Hall–Kier alpha value is -0.570. The summed E-state index contributed by atoms with van der Waals surface area (Å²) >= 11 is 5.73. The van der Waals surface area contributed by atoms with E-state index in [1.54, 1.807) is 0 Å². The van der Waals surface area contributed by atoms with E-state index in [9.17, 15) is 0 Å². The van der Waals surface area contributed by atoms with Gasteiger partial charge >= 0.3 is 0 Å². The number of halogens is 1. The van der Waals surface area contributed by atoms with E-state index in [0.29, 0.717) is 5.88 Å². The first kappa shape index (κ1) is 11.9. The lowest BCUT2D eigenvalue weighted by atomic mass is 9.97. The van der Waals surface area contributed by atoms with Crippen molar-refractivity contribution in [1.82, 2.24) is 4.90 Å². The molecule has 2 nitrogen and oxygen atoms in total. The molecule has 0 aromatic heterocycles. The number of fused-ring (bicyclic) bond motifs is 1. The lowest BCUT2D eigenvalue weighted by Gasteiger charge is -2.29. The molecule has 2 rings (SSSR count). The zero-order valence-corrected chi connectivity index (χ0v) is 10.4. The van der Waals surface area contributed by atoms with Crippen molar-refractivity contribution in [2.75, 3.05) is 32.6 Å². The largest absolute Gasteiger partial charge is 0.372 e. The van der Waals surface area contributed by atoms with E-state index in [1.165, 1.54) is 11.1 Å². The Bertz CT molecular complexity index is 342. The monoisotopic (exact) mass is 239 g/mol. The maximum atomic E-state index is 5.84. The zero-order valence-electron chi connectivity index (χ0n) is 9.66. The average Bonchev–Trinajstić information content (AvgIpc) is 2.30. The predicted molar refractivity (Wildman–Crippen MR) is 67.1 cm³/mol. The normalized spacial score (nSPS) is 19.8. The molecule has 1 aromatic rings. The van der Waals surface area contributed by atoms with Crippen LogP contribution in [-0.2, 0) is 11.2 Å². The van der Waals surface area contributed by atoms with Crippen LogP contribution in [0, 0.1) is 0 Å². The van der Waals surface area contributed by atoms with Gasteiger partial charge in [-0.15, -0.1) is 11.6 Å². The Morgan fingerprint density at radius 2 is 2.25 bits per heavy atom. The van der Waals surface area contributed by atoms with Gasteiger partial charge in [0.1, 0.15) is 0 Å². The molecule has 1 atom stereocenters. The second kappa shape index (κ2) is 5.67. The van der Waals surface area contributed by atoms with Gasteiger partial charge in [0, 0.05) is 19.0 Å². The maximum absolute atomic E-state index is 5.84. The molecule has 0 spiro atoms. The van der Waals surface area contributed by atoms with Crippen LogP contribution in [-0.4, -0.2) is 37.5 Å². The van der Waals surface area contributed by atoms with Gasteiger partial charge in [-0.25, -0.2) is 0 Å². The average molecular weight is 240 g/mol. The first-order chi connectivity index (χ1) is 7.81. The number of hydrogen-bond acceptors (Lipinski definition) is 2. The van der Waals surface area contributed by atoms with Gasteiger partial charge in [0.25, 0.3) is 0 Å². The van der Waals surface area contributed by atoms with E-state index in [0.717, 1.165) is 26.1 Å². The van der Waals surface area contributed by atoms with E-state index < -0.39 is 0 Å². The van der Waals surface area contributed by atoms with E-state index >= 15 is 0 Å². The molecule has 1 aliphatic heterocycles. The zero-order chi connectivity index (χ0) is 11.4. The summed E-state index contributed by atoms with van der Waals surface area (Å²) in [5, 5.41) is 0. The Labute approximate surface area is 102 Å². The minimum absolute atomic E-state index is 0.207. The summed E-state index contributed by atoms with van der Waals surface area (Å²) in [7, 11) is 2.09. The minimum atomic E-state index is 0.207. The molecule has 0 amide bonds. The molecule has 0 saturated heterocycles. The molecule has 0 saturated carbocycles. The number of nitrogens with zero attached hydrogens (tertiary/aromatic N) is 1. The number of ether oxygens (including phenoxy) is 1. The summed E-state index contributed by atoms with van der Waals surface area (Å²) in [6.45, 7) is 2.66. The van der Waals surface area contributed by atoms with Gasteiger partial charge in [-0.2, -0.15) is 0 Å². The third kappa shape index (κ3) is 2.76. The highest BCUT2D eigenvalue weighted by Crippen LogP contribution is 2.27. The van der Waals surface area contributed by atoms with Crippen molar-refractivity contribution >= 4 is 11.6 Å². The minimum Gasteiger partial charge on any atom is -0.372 e. The fraction of sp³-hybridized carbons (Fsp3) is 0.538. The third-order valence-corrected chi connectivity index (χ3v) is 3.21. The standard InChI is InChI=1S/C13H18ClNO/c1-15(8-7-14)10-13-12-5-3-2-4-11(12)6-9-16-13/h2-5,13H,6-10H2,1H3. The Kier molecular flexibility index (Phi) is 4.22. The predicted octanol–water partition coefficient (Wildman–Crippen LogP) is 2.47. The van der Waals surface area contributed by atoms with Crippen LogP contribution in [0.25, 0.3) is 0 Å². The lowest BCUT2D eigenvalue weighted by molar-refractivity contribution is 0.0221. The Morgan fingerprint density at radius 3 is 3.06 bits per heavy atom. The first-order valence-corrected chi connectivity index (χ1v) is 6.28. The van der Waals surface area contributed by atoms with Gasteiger partial charge < -0.3 is 9.64 Å². The molecular weight excluding hydrogens is 222 g/mol. The molecule has 1 aliphatic rings. The Balaban J connectivity index is 2.07. The molecular formula is C13H18ClNO. The highest BCUT2D eigenvalue weighted by molar-refractivity contribution is 6.18. The topological polar surface area (TPSA) is 12.5 Å². The van der Waals surface area contributed by atoms with Gasteiger partial charge in [-0.1, -0.05) is 24.3 Å². The van der Waals surface area contributed by atoms with Crippen LogP contribution in [0.1, 0.15) is 17.2 Å². The van der Waals surface area contributed by atoms with Crippen molar-refractivity contribution in [2.24, 2.45) is 0 Å². The van der Waals surface area contributed by atoms with Crippen molar-refractivity contribution in [3.05, 3.63) is 35.4 Å². The Morgan fingerprint density at radius 1 is 1.44 bits per heavy atom. The van der Waals surface area contributed by atoms with Crippen molar-refractivity contribution < 1.29 is 4.74 Å². The first-order valence-electron chi connectivity index (χ1n) is 5.75. The van der Waals surface area contributed by atoms with E-state index in [4.69, 9.17) is 16.3 Å². The fourth-order valence-electron chi connectivity index (χ4n) is 2.15. The quantitative estimate of drug-likeness (QED) is 0.749. The summed E-state index contributed by atoms with van der Waals surface area (Å²) < 4.78 is 5.84. The van der Waals surface area contributed by atoms with E-state index in [2.05, 4.69) is 36.2 Å². The summed E-state index contributed by atoms with van der Waals surface area (Å²) in [5.74, 6) is 0.671. The van der Waals surface area contributed by atoms with Gasteiger partial charge in [0.05, 0.1) is 12.7 Å². The highest BCUT2D eigenvalue weighted by atomic mass is 35.5. The number of alkyl halides is 1. The summed E-state index contributed by atoms with van der Waals surface area (Å²) in [6, 6.07) is 8.56. The number of hydrogen-bond donors (Lipinski definition) is 0. The second-order valence-corrected chi connectivity index (χ2v) is 4.64. The number of likely N-dealkylation sites (N-methyl/N-ethyl adjacent to an activating group) is 1. The van der Waals surface area contributed by atoms with Crippen LogP contribution in [0.4, 0.5) is 0 Å². The van der Waals surface area contributed by atoms with Gasteiger partial charge in [0.2, 0.25) is 0 Å². The molecule has 0 radical (unpaired) electrons. The lowest BCUT2D eigenvalue weighted by Crippen LogP contribution is -2.30. The maximum Gasteiger partial charge on any atom is 0.0954 e. The van der Waals surface area contributed by atoms with Crippen LogP contribution in [0.15, 0.2) is 24.3 Å². The van der Waals surface area contributed by atoms with Crippen LogP contribution < -0.4 is 0 Å². The molecule has 0 N–H and O–H groups in total. The second-order valence-electron chi connectivity index (χ2n) is 4.26. The molecule has 0 bridgehead atoms. The van der Waals surface area contributed by atoms with E-state index in [-0.39, 0.29) is 6.10 Å². The van der Waals surface area contributed by atoms with Gasteiger partial charge in [-0.05, 0) is 24.6 Å². The smallest absolute Gasteiger partial charge is 0.0954 e. The van der Waals surface area contributed by atoms with Gasteiger partial charge in [-0.3, -0.25) is 0 Å². The van der Waals surface area contributed by atoms with Crippen LogP contribution in [0.5, 0.6) is 0 Å². The third-order valence-electron chi connectivity index (χ3n) is 3.04. The van der Waals surface area contributed by atoms with Crippen molar-refractivity contribution in [1.29, 1.82) is 0 Å².